The Hall–Kier alpha value is -0.760. The maximum absolute atomic E-state index is 12.6. The molecule has 0 aromatic heterocycles. The lowest BCUT2D eigenvalue weighted by Crippen LogP contribution is -2.16. The third-order valence-electron chi connectivity index (χ3n) is 1.94. The van der Waals surface area contributed by atoms with Gasteiger partial charge >= 0.3 is 12.4 Å². The first-order valence-electron chi connectivity index (χ1n) is 4.13. The lowest BCUT2D eigenvalue weighted by molar-refractivity contribution is -0.144. The first-order chi connectivity index (χ1) is 7.96. The minimum absolute atomic E-state index is 0.356. The number of alkyl halides is 6. The highest BCUT2D eigenvalue weighted by atomic mass is 79.9. The largest absolute Gasteiger partial charge is 0.418 e. The van der Waals surface area contributed by atoms with E-state index in [2.05, 4.69) is 15.9 Å². The molecule has 1 nitrogen and oxygen atoms in total. The SMILES string of the molecule is O=C(Cl)c1ccc(C(F)(F)F)c(Br)c1C(F)(F)F. The van der Waals surface area contributed by atoms with E-state index in [1.807, 2.05) is 0 Å². The predicted molar refractivity (Wildman–Crippen MR) is 54.3 cm³/mol. The minimum Gasteiger partial charge on any atom is -0.276 e. The summed E-state index contributed by atoms with van der Waals surface area (Å²) in [6.45, 7) is 0. The zero-order valence-electron chi connectivity index (χ0n) is 8.09. The average Bonchev–Trinajstić information content (AvgIpc) is 2.12. The van der Waals surface area contributed by atoms with Crippen LogP contribution in [0.15, 0.2) is 16.6 Å². The summed E-state index contributed by atoms with van der Waals surface area (Å²) in [7, 11) is 0. The van der Waals surface area contributed by atoms with Gasteiger partial charge in [-0.3, -0.25) is 4.79 Å². The van der Waals surface area contributed by atoms with Crippen LogP contribution in [0.1, 0.15) is 21.5 Å². The summed E-state index contributed by atoms with van der Waals surface area (Å²) < 4.78 is 73.9. The van der Waals surface area contributed by atoms with Crippen molar-refractivity contribution in [1.82, 2.24) is 0 Å². The summed E-state index contributed by atoms with van der Waals surface area (Å²) in [6.07, 6.45) is -10.1. The van der Waals surface area contributed by atoms with E-state index in [1.54, 1.807) is 0 Å². The molecule has 0 fully saturated rings. The maximum atomic E-state index is 12.6. The van der Waals surface area contributed by atoms with Gasteiger partial charge in [0.25, 0.3) is 5.24 Å². The van der Waals surface area contributed by atoms with Gasteiger partial charge in [-0.05, 0) is 39.7 Å². The standard InChI is InChI=1S/C9H2BrClF6O/c10-6-4(8(12,13)14)2-1-3(7(11)18)5(6)9(15,16)17/h1-2H. The van der Waals surface area contributed by atoms with Gasteiger partial charge in [-0.25, -0.2) is 0 Å². The summed E-state index contributed by atoms with van der Waals surface area (Å²) in [4.78, 5) is 10.8. The van der Waals surface area contributed by atoms with Crippen molar-refractivity contribution < 1.29 is 31.1 Å². The molecule has 0 saturated heterocycles. The molecule has 0 unspecified atom stereocenters. The van der Waals surface area contributed by atoms with Gasteiger partial charge in [0, 0.05) is 10.0 Å². The third kappa shape index (κ3) is 2.97. The number of rotatable bonds is 1. The molecule has 1 rings (SSSR count). The summed E-state index contributed by atoms with van der Waals surface area (Å²) in [5.41, 5.74) is -4.31. The van der Waals surface area contributed by atoms with Crippen molar-refractivity contribution in [3.8, 4) is 0 Å². The van der Waals surface area contributed by atoms with E-state index in [9.17, 15) is 31.1 Å². The van der Waals surface area contributed by atoms with Crippen LogP contribution in [-0.2, 0) is 12.4 Å². The van der Waals surface area contributed by atoms with E-state index in [4.69, 9.17) is 11.6 Å². The Morgan fingerprint density at radius 3 is 1.89 bits per heavy atom. The smallest absolute Gasteiger partial charge is 0.276 e. The lowest BCUT2D eigenvalue weighted by Gasteiger charge is -2.17. The number of carbonyl (C=O) groups is 1. The van der Waals surface area contributed by atoms with Crippen molar-refractivity contribution in [2.24, 2.45) is 0 Å². The lowest BCUT2D eigenvalue weighted by atomic mass is 10.0. The third-order valence-corrected chi connectivity index (χ3v) is 2.97. The molecule has 0 aliphatic rings. The van der Waals surface area contributed by atoms with Crippen LogP contribution in [0.4, 0.5) is 26.3 Å². The molecule has 0 radical (unpaired) electrons. The van der Waals surface area contributed by atoms with Crippen LogP contribution in [0.25, 0.3) is 0 Å². The molecule has 0 atom stereocenters. The topological polar surface area (TPSA) is 17.1 Å². The van der Waals surface area contributed by atoms with E-state index in [1.165, 1.54) is 0 Å². The fourth-order valence-electron chi connectivity index (χ4n) is 1.24. The number of hydrogen-bond donors (Lipinski definition) is 0. The van der Waals surface area contributed by atoms with Gasteiger partial charge in [0.05, 0.1) is 11.1 Å². The Morgan fingerprint density at radius 1 is 1.06 bits per heavy atom. The van der Waals surface area contributed by atoms with Gasteiger partial charge in [-0.15, -0.1) is 0 Å². The second-order valence-corrected chi connectivity index (χ2v) is 4.26. The summed E-state index contributed by atoms with van der Waals surface area (Å²) in [5.74, 6) is 0. The number of halogens is 8. The van der Waals surface area contributed by atoms with Gasteiger partial charge < -0.3 is 0 Å². The molecule has 0 bridgehead atoms. The van der Waals surface area contributed by atoms with E-state index in [0.29, 0.717) is 12.1 Å². The van der Waals surface area contributed by atoms with Crippen molar-refractivity contribution >= 4 is 32.8 Å². The van der Waals surface area contributed by atoms with Crippen LogP contribution >= 0.6 is 27.5 Å². The van der Waals surface area contributed by atoms with Crippen LogP contribution in [0.3, 0.4) is 0 Å². The molecule has 18 heavy (non-hydrogen) atoms. The maximum Gasteiger partial charge on any atom is 0.418 e. The molecule has 100 valence electrons. The zero-order chi connectivity index (χ0) is 14.3. The van der Waals surface area contributed by atoms with Gasteiger partial charge in [-0.1, -0.05) is 0 Å². The first-order valence-corrected chi connectivity index (χ1v) is 5.30. The molecule has 1 aromatic carbocycles. The second-order valence-electron chi connectivity index (χ2n) is 3.12. The fourth-order valence-corrected chi connectivity index (χ4v) is 2.19. The van der Waals surface area contributed by atoms with Crippen molar-refractivity contribution in [1.29, 1.82) is 0 Å². The quantitative estimate of drug-likeness (QED) is 0.519. The van der Waals surface area contributed by atoms with E-state index in [-0.39, 0.29) is 0 Å². The summed E-state index contributed by atoms with van der Waals surface area (Å²) >= 11 is 7.13. The van der Waals surface area contributed by atoms with Crippen LogP contribution in [0, 0.1) is 0 Å². The van der Waals surface area contributed by atoms with Crippen LogP contribution in [-0.4, -0.2) is 5.24 Å². The molecule has 0 spiro atoms. The highest BCUT2D eigenvalue weighted by Crippen LogP contribution is 2.44. The summed E-state index contributed by atoms with van der Waals surface area (Å²) in [5, 5.41) is -1.49. The van der Waals surface area contributed by atoms with Crippen LogP contribution < -0.4 is 0 Å². The zero-order valence-corrected chi connectivity index (χ0v) is 10.4. The second kappa shape index (κ2) is 4.73. The molecule has 0 aliphatic carbocycles. The Bertz CT molecular complexity index is 493. The molecular weight excluding hydrogens is 353 g/mol. The Morgan fingerprint density at radius 2 is 1.56 bits per heavy atom. The normalized spacial score (nSPS) is 12.7. The number of carbonyl (C=O) groups excluding carboxylic acids is 1. The monoisotopic (exact) mass is 354 g/mol. The molecule has 1 aromatic rings. The van der Waals surface area contributed by atoms with Gasteiger partial charge in [0.2, 0.25) is 0 Å². The van der Waals surface area contributed by atoms with Gasteiger partial charge in [-0.2, -0.15) is 26.3 Å². The highest BCUT2D eigenvalue weighted by molar-refractivity contribution is 9.10. The van der Waals surface area contributed by atoms with E-state index < -0.39 is 38.8 Å². The first kappa shape index (κ1) is 15.3. The van der Waals surface area contributed by atoms with Crippen LogP contribution in [0.5, 0.6) is 0 Å². The molecular formula is C9H2BrClF6O. The van der Waals surface area contributed by atoms with Gasteiger partial charge in [0.1, 0.15) is 0 Å². The molecule has 0 N–H and O–H groups in total. The van der Waals surface area contributed by atoms with Crippen molar-refractivity contribution in [3.63, 3.8) is 0 Å². The minimum atomic E-state index is -5.14. The number of hydrogen-bond acceptors (Lipinski definition) is 1. The van der Waals surface area contributed by atoms with E-state index in [0.717, 1.165) is 0 Å². The highest BCUT2D eigenvalue weighted by Gasteiger charge is 2.42. The van der Waals surface area contributed by atoms with Crippen molar-refractivity contribution in [2.75, 3.05) is 0 Å². The summed E-state index contributed by atoms with van der Waals surface area (Å²) in [6, 6.07) is 0.751. The average molecular weight is 355 g/mol. The van der Waals surface area contributed by atoms with Gasteiger partial charge in [0.15, 0.2) is 0 Å². The molecule has 0 saturated carbocycles. The Labute approximate surface area is 110 Å². The Balaban J connectivity index is 3.67. The molecule has 0 heterocycles. The molecule has 0 aliphatic heterocycles. The fraction of sp³-hybridized carbons (Fsp3) is 0.222. The van der Waals surface area contributed by atoms with Crippen molar-refractivity contribution in [2.45, 2.75) is 12.4 Å². The predicted octanol–water partition coefficient (Wildman–Crippen LogP) is 4.87. The molecule has 9 heteroatoms. The van der Waals surface area contributed by atoms with Crippen molar-refractivity contribution in [3.05, 3.63) is 33.3 Å². The van der Waals surface area contributed by atoms with E-state index >= 15 is 0 Å². The molecule has 0 amide bonds. The Kier molecular flexibility index (Phi) is 4.02. The van der Waals surface area contributed by atoms with Crippen LogP contribution in [0.2, 0.25) is 0 Å². The number of benzene rings is 1.